The van der Waals surface area contributed by atoms with Crippen LogP contribution in [-0.2, 0) is 15.8 Å². The van der Waals surface area contributed by atoms with Gasteiger partial charge in [-0.1, -0.05) is 30.3 Å². The predicted molar refractivity (Wildman–Crippen MR) is 116 cm³/mol. The highest BCUT2D eigenvalue weighted by atomic mass is 32.2. The van der Waals surface area contributed by atoms with E-state index in [4.69, 9.17) is 4.74 Å². The molecule has 0 radical (unpaired) electrons. The van der Waals surface area contributed by atoms with E-state index in [0.29, 0.717) is 18.0 Å². The van der Waals surface area contributed by atoms with Gasteiger partial charge in [-0.25, -0.2) is 8.42 Å². The minimum absolute atomic E-state index is 0.207. The third kappa shape index (κ3) is 5.30. The van der Waals surface area contributed by atoms with Gasteiger partial charge in [0.15, 0.2) is 0 Å². The fourth-order valence-electron chi connectivity index (χ4n) is 2.70. The number of hydrogen-bond donors (Lipinski definition) is 1. The fraction of sp³-hybridized carbons (Fsp3) is 0.182. The first-order valence-corrected chi connectivity index (χ1v) is 11.5. The normalized spacial score (nSPS) is 11.2. The van der Waals surface area contributed by atoms with E-state index in [1.54, 1.807) is 36.0 Å². The highest BCUT2D eigenvalue weighted by Gasteiger charge is 2.15. The number of sulfonamides is 1. The zero-order valence-corrected chi connectivity index (χ0v) is 17.5. The predicted octanol–water partition coefficient (Wildman–Crippen LogP) is 5.49. The van der Waals surface area contributed by atoms with Gasteiger partial charge in [-0.15, -0.1) is 11.8 Å². The molecule has 0 atom stereocenters. The maximum atomic E-state index is 12.7. The molecule has 0 aromatic heterocycles. The standard InChI is InChI=1S/C22H23NO3S2/c1-3-26-19-10-12-21(13-11-19)28(24,25)23-22-14-9-18(15-17(22)2)16-27-20-7-5-4-6-8-20/h4-15,23H,3,16H2,1-2H3. The highest BCUT2D eigenvalue weighted by Crippen LogP contribution is 2.26. The molecule has 0 aliphatic rings. The fourth-order valence-corrected chi connectivity index (χ4v) is 4.69. The monoisotopic (exact) mass is 413 g/mol. The molecule has 6 heteroatoms. The van der Waals surface area contributed by atoms with Gasteiger partial charge >= 0.3 is 0 Å². The zero-order chi connectivity index (χ0) is 20.0. The molecule has 146 valence electrons. The first-order chi connectivity index (χ1) is 13.5. The molecule has 0 unspecified atom stereocenters. The molecule has 3 aromatic rings. The molecule has 0 spiro atoms. The highest BCUT2D eigenvalue weighted by molar-refractivity contribution is 7.98. The van der Waals surface area contributed by atoms with Crippen LogP contribution in [0.3, 0.4) is 0 Å². The topological polar surface area (TPSA) is 55.4 Å². The number of anilines is 1. The van der Waals surface area contributed by atoms with Crippen molar-refractivity contribution in [3.8, 4) is 5.75 Å². The summed E-state index contributed by atoms with van der Waals surface area (Å²) in [7, 11) is -3.65. The third-order valence-corrected chi connectivity index (χ3v) is 6.59. The number of hydrogen-bond acceptors (Lipinski definition) is 4. The van der Waals surface area contributed by atoms with Crippen LogP contribution in [0.1, 0.15) is 18.1 Å². The van der Waals surface area contributed by atoms with Gasteiger partial charge in [0.2, 0.25) is 0 Å². The van der Waals surface area contributed by atoms with Crippen molar-refractivity contribution in [3.63, 3.8) is 0 Å². The van der Waals surface area contributed by atoms with Gasteiger partial charge in [-0.2, -0.15) is 0 Å². The van der Waals surface area contributed by atoms with Gasteiger partial charge in [-0.3, -0.25) is 4.72 Å². The maximum Gasteiger partial charge on any atom is 0.261 e. The maximum absolute atomic E-state index is 12.7. The van der Waals surface area contributed by atoms with Crippen molar-refractivity contribution in [3.05, 3.63) is 83.9 Å². The van der Waals surface area contributed by atoms with E-state index >= 15 is 0 Å². The Morgan fingerprint density at radius 3 is 2.32 bits per heavy atom. The van der Waals surface area contributed by atoms with Crippen molar-refractivity contribution >= 4 is 27.5 Å². The van der Waals surface area contributed by atoms with E-state index in [-0.39, 0.29) is 4.90 Å². The van der Waals surface area contributed by atoms with Crippen LogP contribution >= 0.6 is 11.8 Å². The Bertz CT molecular complexity index is 1020. The van der Waals surface area contributed by atoms with Gasteiger partial charge in [0.1, 0.15) is 5.75 Å². The van der Waals surface area contributed by atoms with Gasteiger partial charge < -0.3 is 4.74 Å². The smallest absolute Gasteiger partial charge is 0.261 e. The van der Waals surface area contributed by atoms with Crippen molar-refractivity contribution < 1.29 is 13.2 Å². The van der Waals surface area contributed by atoms with E-state index in [1.807, 2.05) is 50.2 Å². The molecular formula is C22H23NO3S2. The molecular weight excluding hydrogens is 390 g/mol. The summed E-state index contributed by atoms with van der Waals surface area (Å²) in [6, 6.07) is 22.4. The number of benzene rings is 3. The average molecular weight is 414 g/mol. The Morgan fingerprint density at radius 2 is 1.68 bits per heavy atom. The Hall–Kier alpha value is -2.44. The second kappa shape index (κ2) is 9.17. The molecule has 3 aromatic carbocycles. The van der Waals surface area contributed by atoms with Crippen LogP contribution in [0.15, 0.2) is 82.6 Å². The average Bonchev–Trinajstić information content (AvgIpc) is 2.70. The van der Waals surface area contributed by atoms with Gasteiger partial charge in [0.25, 0.3) is 10.0 Å². The number of rotatable bonds is 8. The molecule has 0 aliphatic carbocycles. The van der Waals surface area contributed by atoms with Crippen molar-refractivity contribution in [2.24, 2.45) is 0 Å². The molecule has 0 fully saturated rings. The molecule has 0 saturated heterocycles. The lowest BCUT2D eigenvalue weighted by atomic mass is 10.1. The van der Waals surface area contributed by atoms with E-state index < -0.39 is 10.0 Å². The van der Waals surface area contributed by atoms with Crippen LogP contribution in [0.25, 0.3) is 0 Å². The largest absolute Gasteiger partial charge is 0.494 e. The van der Waals surface area contributed by atoms with E-state index in [2.05, 4.69) is 16.9 Å². The third-order valence-electron chi connectivity index (χ3n) is 4.13. The van der Waals surface area contributed by atoms with Crippen molar-refractivity contribution in [1.29, 1.82) is 0 Å². The Morgan fingerprint density at radius 1 is 0.964 bits per heavy atom. The Kier molecular flexibility index (Phi) is 6.65. The van der Waals surface area contributed by atoms with E-state index in [1.165, 1.54) is 4.90 Å². The molecule has 28 heavy (non-hydrogen) atoms. The van der Waals surface area contributed by atoms with Gasteiger partial charge in [-0.05, 0) is 67.4 Å². The van der Waals surface area contributed by atoms with Gasteiger partial charge in [0, 0.05) is 10.6 Å². The second-order valence-corrected chi connectivity index (χ2v) is 8.99. The summed E-state index contributed by atoms with van der Waals surface area (Å²) in [5, 5.41) is 0. The van der Waals surface area contributed by atoms with Gasteiger partial charge in [0.05, 0.1) is 17.2 Å². The zero-order valence-electron chi connectivity index (χ0n) is 15.9. The minimum atomic E-state index is -3.65. The summed E-state index contributed by atoms with van der Waals surface area (Å²) in [4.78, 5) is 1.42. The summed E-state index contributed by atoms with van der Waals surface area (Å²) in [6.07, 6.45) is 0. The molecule has 1 N–H and O–H groups in total. The molecule has 4 nitrogen and oxygen atoms in total. The molecule has 0 bridgehead atoms. The van der Waals surface area contributed by atoms with Crippen LogP contribution in [-0.4, -0.2) is 15.0 Å². The van der Waals surface area contributed by atoms with Crippen LogP contribution in [0.4, 0.5) is 5.69 Å². The lowest BCUT2D eigenvalue weighted by Gasteiger charge is -2.12. The Labute approximate surface area is 171 Å². The first kappa shape index (κ1) is 20.3. The summed E-state index contributed by atoms with van der Waals surface area (Å²) in [5.41, 5.74) is 2.62. The van der Waals surface area contributed by atoms with Crippen LogP contribution in [0.5, 0.6) is 5.75 Å². The lowest BCUT2D eigenvalue weighted by Crippen LogP contribution is -2.13. The number of aryl methyl sites for hydroxylation is 1. The molecule has 0 saturated carbocycles. The summed E-state index contributed by atoms with van der Waals surface area (Å²) >= 11 is 1.75. The van der Waals surface area contributed by atoms with Crippen LogP contribution in [0, 0.1) is 6.92 Å². The number of thioether (sulfide) groups is 1. The van der Waals surface area contributed by atoms with E-state index in [9.17, 15) is 8.42 Å². The molecule has 0 heterocycles. The molecule has 3 rings (SSSR count). The molecule has 0 aliphatic heterocycles. The lowest BCUT2D eigenvalue weighted by molar-refractivity contribution is 0.340. The van der Waals surface area contributed by atoms with Crippen molar-refractivity contribution in [2.75, 3.05) is 11.3 Å². The summed E-state index contributed by atoms with van der Waals surface area (Å²) in [6.45, 7) is 4.34. The van der Waals surface area contributed by atoms with Crippen molar-refractivity contribution in [2.45, 2.75) is 29.4 Å². The first-order valence-electron chi connectivity index (χ1n) is 9.01. The number of nitrogens with one attached hydrogen (secondary N) is 1. The SMILES string of the molecule is CCOc1ccc(S(=O)(=O)Nc2ccc(CSc3ccccc3)cc2C)cc1. The molecule has 0 amide bonds. The minimum Gasteiger partial charge on any atom is -0.494 e. The van der Waals surface area contributed by atoms with Crippen molar-refractivity contribution in [1.82, 2.24) is 0 Å². The summed E-state index contributed by atoms with van der Waals surface area (Å²) in [5.74, 6) is 1.48. The quantitative estimate of drug-likeness (QED) is 0.496. The van der Waals surface area contributed by atoms with Crippen LogP contribution in [0.2, 0.25) is 0 Å². The number of ether oxygens (including phenoxy) is 1. The second-order valence-electron chi connectivity index (χ2n) is 6.26. The van der Waals surface area contributed by atoms with Crippen LogP contribution < -0.4 is 9.46 Å². The van der Waals surface area contributed by atoms with E-state index in [0.717, 1.165) is 16.9 Å². The summed E-state index contributed by atoms with van der Waals surface area (Å²) < 4.78 is 33.4. The Balaban J connectivity index is 1.69.